The Labute approximate surface area is 112 Å². The van der Waals surface area contributed by atoms with Crippen LogP contribution in [-0.2, 0) is 9.53 Å². The Bertz CT molecular complexity index is 458. The first kappa shape index (κ1) is 12.4. The number of hydrogen-bond acceptors (Lipinski definition) is 4. The SMILES string of the molecule is O=C(N[C@@H]1CCOc2ccccc21)[C@H]1COCCN1. The number of nitrogens with one attached hydrogen (secondary N) is 2. The molecule has 1 aromatic carbocycles. The van der Waals surface area contributed by atoms with Gasteiger partial charge in [-0.3, -0.25) is 4.79 Å². The number of hydrogen-bond donors (Lipinski definition) is 2. The van der Waals surface area contributed by atoms with Crippen molar-refractivity contribution in [1.82, 2.24) is 10.6 Å². The summed E-state index contributed by atoms with van der Waals surface area (Å²) in [5.41, 5.74) is 1.05. The van der Waals surface area contributed by atoms with Gasteiger partial charge < -0.3 is 20.1 Å². The third-order valence-corrected chi connectivity index (χ3v) is 3.51. The van der Waals surface area contributed by atoms with Gasteiger partial charge in [-0.15, -0.1) is 0 Å². The van der Waals surface area contributed by atoms with Crippen LogP contribution in [0, 0.1) is 0 Å². The number of amides is 1. The highest BCUT2D eigenvalue weighted by atomic mass is 16.5. The smallest absolute Gasteiger partial charge is 0.240 e. The number of para-hydroxylation sites is 1. The summed E-state index contributed by atoms with van der Waals surface area (Å²) in [6, 6.07) is 7.64. The van der Waals surface area contributed by atoms with Crippen molar-refractivity contribution in [3.05, 3.63) is 29.8 Å². The van der Waals surface area contributed by atoms with Crippen molar-refractivity contribution in [3.8, 4) is 5.75 Å². The summed E-state index contributed by atoms with van der Waals surface area (Å²) in [7, 11) is 0. The molecule has 0 radical (unpaired) electrons. The predicted molar refractivity (Wildman–Crippen MR) is 70.0 cm³/mol. The highest BCUT2D eigenvalue weighted by molar-refractivity contribution is 5.82. The lowest BCUT2D eigenvalue weighted by atomic mass is 10.00. The second kappa shape index (κ2) is 5.59. The fourth-order valence-electron chi connectivity index (χ4n) is 2.50. The second-order valence-corrected chi connectivity index (χ2v) is 4.82. The van der Waals surface area contributed by atoms with E-state index in [1.54, 1.807) is 0 Å². The van der Waals surface area contributed by atoms with Gasteiger partial charge in [0.05, 0.1) is 25.9 Å². The van der Waals surface area contributed by atoms with Crippen LogP contribution in [0.25, 0.3) is 0 Å². The number of rotatable bonds is 2. The first-order valence-corrected chi connectivity index (χ1v) is 6.68. The van der Waals surface area contributed by atoms with E-state index < -0.39 is 0 Å². The van der Waals surface area contributed by atoms with Crippen molar-refractivity contribution in [2.75, 3.05) is 26.4 Å². The summed E-state index contributed by atoms with van der Waals surface area (Å²) in [6.45, 7) is 2.47. The largest absolute Gasteiger partial charge is 0.493 e. The average molecular weight is 262 g/mol. The van der Waals surface area contributed by atoms with Gasteiger partial charge in [0.1, 0.15) is 11.8 Å². The van der Waals surface area contributed by atoms with Crippen LogP contribution in [0.5, 0.6) is 5.75 Å². The van der Waals surface area contributed by atoms with Crippen LogP contribution in [0.15, 0.2) is 24.3 Å². The Hall–Kier alpha value is -1.59. The van der Waals surface area contributed by atoms with Crippen molar-refractivity contribution in [2.24, 2.45) is 0 Å². The van der Waals surface area contributed by atoms with Gasteiger partial charge in [-0.1, -0.05) is 18.2 Å². The van der Waals surface area contributed by atoms with Crippen LogP contribution < -0.4 is 15.4 Å². The predicted octanol–water partition coefficient (Wildman–Crippen LogP) is 0.615. The number of ether oxygens (including phenoxy) is 2. The molecule has 5 nitrogen and oxygen atoms in total. The van der Waals surface area contributed by atoms with Crippen LogP contribution in [0.4, 0.5) is 0 Å². The lowest BCUT2D eigenvalue weighted by molar-refractivity contribution is -0.126. The van der Waals surface area contributed by atoms with Crippen molar-refractivity contribution >= 4 is 5.91 Å². The maximum Gasteiger partial charge on any atom is 0.240 e. The lowest BCUT2D eigenvalue weighted by Crippen LogP contribution is -2.52. The molecule has 1 saturated heterocycles. The van der Waals surface area contributed by atoms with Crippen LogP contribution in [0.2, 0.25) is 0 Å². The molecule has 1 fully saturated rings. The van der Waals surface area contributed by atoms with Crippen LogP contribution >= 0.6 is 0 Å². The van der Waals surface area contributed by atoms with Crippen molar-refractivity contribution in [3.63, 3.8) is 0 Å². The molecule has 0 bridgehead atoms. The van der Waals surface area contributed by atoms with E-state index in [1.807, 2.05) is 24.3 Å². The van der Waals surface area contributed by atoms with E-state index >= 15 is 0 Å². The number of carbonyl (C=O) groups excluding carboxylic acids is 1. The molecule has 0 saturated carbocycles. The molecule has 0 aliphatic carbocycles. The molecule has 19 heavy (non-hydrogen) atoms. The van der Waals surface area contributed by atoms with Gasteiger partial charge in [0, 0.05) is 18.5 Å². The van der Waals surface area contributed by atoms with Gasteiger partial charge in [0.15, 0.2) is 0 Å². The van der Waals surface area contributed by atoms with Crippen molar-refractivity contribution < 1.29 is 14.3 Å². The number of benzene rings is 1. The fraction of sp³-hybridized carbons (Fsp3) is 0.500. The molecule has 2 N–H and O–H groups in total. The van der Waals surface area contributed by atoms with Gasteiger partial charge in [-0.25, -0.2) is 0 Å². The number of carbonyl (C=O) groups is 1. The lowest BCUT2D eigenvalue weighted by Gasteiger charge is -2.29. The van der Waals surface area contributed by atoms with Gasteiger partial charge in [-0.05, 0) is 6.07 Å². The minimum absolute atomic E-state index is 0.00130. The Balaban J connectivity index is 1.68. The van der Waals surface area contributed by atoms with E-state index in [-0.39, 0.29) is 18.0 Å². The van der Waals surface area contributed by atoms with Gasteiger partial charge in [0.25, 0.3) is 0 Å². The molecule has 0 aromatic heterocycles. The number of morpholine rings is 1. The van der Waals surface area contributed by atoms with Crippen LogP contribution in [0.1, 0.15) is 18.0 Å². The third kappa shape index (κ3) is 2.72. The molecule has 3 rings (SSSR count). The van der Waals surface area contributed by atoms with Gasteiger partial charge in [0.2, 0.25) is 5.91 Å². The molecule has 2 aliphatic rings. The molecule has 1 aromatic rings. The van der Waals surface area contributed by atoms with Crippen molar-refractivity contribution in [2.45, 2.75) is 18.5 Å². The molecule has 2 heterocycles. The van der Waals surface area contributed by atoms with Crippen LogP contribution in [-0.4, -0.2) is 38.3 Å². The third-order valence-electron chi connectivity index (χ3n) is 3.51. The van der Waals surface area contributed by atoms with E-state index in [4.69, 9.17) is 9.47 Å². The minimum Gasteiger partial charge on any atom is -0.493 e. The second-order valence-electron chi connectivity index (χ2n) is 4.82. The average Bonchev–Trinajstić information content (AvgIpc) is 2.48. The highest BCUT2D eigenvalue weighted by Gasteiger charge is 2.27. The summed E-state index contributed by atoms with van der Waals surface area (Å²) in [5.74, 6) is 0.869. The van der Waals surface area contributed by atoms with Gasteiger partial charge in [-0.2, -0.15) is 0 Å². The monoisotopic (exact) mass is 262 g/mol. The molecule has 0 unspecified atom stereocenters. The minimum atomic E-state index is -0.247. The van der Waals surface area contributed by atoms with E-state index in [0.29, 0.717) is 19.8 Å². The molecule has 2 atom stereocenters. The zero-order valence-corrected chi connectivity index (χ0v) is 10.7. The van der Waals surface area contributed by atoms with E-state index in [9.17, 15) is 4.79 Å². The molecule has 0 spiro atoms. The maximum atomic E-state index is 12.2. The summed E-state index contributed by atoms with van der Waals surface area (Å²) >= 11 is 0. The molecule has 5 heteroatoms. The number of fused-ring (bicyclic) bond motifs is 1. The zero-order valence-electron chi connectivity index (χ0n) is 10.7. The quantitative estimate of drug-likeness (QED) is 0.820. The Morgan fingerprint density at radius 2 is 2.21 bits per heavy atom. The molecule has 1 amide bonds. The summed E-state index contributed by atoms with van der Waals surface area (Å²) in [6.07, 6.45) is 0.802. The molecule has 2 aliphatic heterocycles. The summed E-state index contributed by atoms with van der Waals surface area (Å²) in [5, 5.41) is 6.25. The van der Waals surface area contributed by atoms with E-state index in [2.05, 4.69) is 10.6 Å². The summed E-state index contributed by atoms with van der Waals surface area (Å²) < 4.78 is 10.9. The first-order chi connectivity index (χ1) is 9.34. The Kier molecular flexibility index (Phi) is 3.66. The fourth-order valence-corrected chi connectivity index (χ4v) is 2.50. The van der Waals surface area contributed by atoms with E-state index in [0.717, 1.165) is 24.3 Å². The summed E-state index contributed by atoms with van der Waals surface area (Å²) in [4.78, 5) is 12.2. The Morgan fingerprint density at radius 3 is 3.05 bits per heavy atom. The van der Waals surface area contributed by atoms with Crippen molar-refractivity contribution in [1.29, 1.82) is 0 Å². The van der Waals surface area contributed by atoms with Crippen LogP contribution in [0.3, 0.4) is 0 Å². The Morgan fingerprint density at radius 1 is 1.32 bits per heavy atom. The standard InChI is InChI=1S/C14H18N2O3/c17-14(12-9-18-8-6-15-12)16-11-5-7-19-13-4-2-1-3-10(11)13/h1-4,11-12,15H,5-9H2,(H,16,17)/t11-,12-/m1/s1. The normalized spacial score (nSPS) is 26.1. The maximum absolute atomic E-state index is 12.2. The van der Waals surface area contributed by atoms with Gasteiger partial charge >= 0.3 is 0 Å². The topological polar surface area (TPSA) is 59.6 Å². The molecule has 102 valence electrons. The molecular formula is C14H18N2O3. The highest BCUT2D eigenvalue weighted by Crippen LogP contribution is 2.31. The van der Waals surface area contributed by atoms with E-state index in [1.165, 1.54) is 0 Å². The first-order valence-electron chi connectivity index (χ1n) is 6.68. The molecular weight excluding hydrogens is 244 g/mol. The zero-order chi connectivity index (χ0) is 13.1.